The van der Waals surface area contributed by atoms with Gasteiger partial charge in [-0.05, 0) is 40.7 Å². The van der Waals surface area contributed by atoms with Crippen molar-refractivity contribution >= 4 is 6.09 Å². The fraction of sp³-hybridized carbons (Fsp3) is 0.588. The van der Waals surface area contributed by atoms with E-state index in [-0.39, 0.29) is 17.9 Å². The average molecular weight is 362 g/mol. The topological polar surface area (TPSA) is 73.6 Å². The van der Waals surface area contributed by atoms with E-state index in [1.165, 1.54) is 12.1 Å². The van der Waals surface area contributed by atoms with E-state index in [4.69, 9.17) is 15.2 Å². The Hall–Kier alpha value is -1.96. The second kappa shape index (κ2) is 7.95. The molecule has 1 aromatic rings. The molecule has 142 valence electrons. The van der Waals surface area contributed by atoms with Gasteiger partial charge in [0.15, 0.2) is 0 Å². The molecule has 0 saturated heterocycles. The average Bonchev–Trinajstić information content (AvgIpc) is 2.41. The number of hydrogen-bond donors (Lipinski definition) is 2. The molecule has 25 heavy (non-hydrogen) atoms. The number of halogens is 3. The van der Waals surface area contributed by atoms with E-state index in [0.717, 1.165) is 6.07 Å². The standard InChI is InChI=1S/C17H25F3N2O3/c1-10(22-15(23)25-16(3,4)5)9-24-14-12(11(2)21)7-6-8-13(14)17(18,19)20/h6-8,10-11H,9,21H2,1-5H3,(H,22,23)/t10-,11-/m1/s1. The summed E-state index contributed by atoms with van der Waals surface area (Å²) in [6.45, 7) is 8.15. The maximum Gasteiger partial charge on any atom is 0.419 e. The fourth-order valence-corrected chi connectivity index (χ4v) is 2.06. The number of carbonyl (C=O) groups excluding carboxylic acids is 1. The number of rotatable bonds is 5. The smallest absolute Gasteiger partial charge is 0.419 e. The largest absolute Gasteiger partial charge is 0.490 e. The third-order valence-electron chi connectivity index (χ3n) is 3.08. The number of alkyl carbamates (subject to hydrolysis) is 1. The second-order valence-electron chi connectivity index (χ2n) is 6.87. The molecule has 0 fully saturated rings. The molecule has 0 bridgehead atoms. The third-order valence-corrected chi connectivity index (χ3v) is 3.08. The predicted octanol–water partition coefficient (Wildman–Crippen LogP) is 4.02. The minimum atomic E-state index is -4.57. The number of benzene rings is 1. The number of ether oxygens (including phenoxy) is 2. The molecule has 8 heteroatoms. The van der Waals surface area contributed by atoms with Gasteiger partial charge in [0.1, 0.15) is 18.0 Å². The Morgan fingerprint density at radius 1 is 1.24 bits per heavy atom. The quantitative estimate of drug-likeness (QED) is 0.830. The molecule has 0 saturated carbocycles. The fourth-order valence-electron chi connectivity index (χ4n) is 2.06. The third kappa shape index (κ3) is 6.81. The number of carbonyl (C=O) groups is 1. The van der Waals surface area contributed by atoms with Crippen molar-refractivity contribution in [2.24, 2.45) is 5.73 Å². The van der Waals surface area contributed by atoms with Crippen LogP contribution in [0.1, 0.15) is 51.8 Å². The molecule has 0 unspecified atom stereocenters. The van der Waals surface area contributed by atoms with Gasteiger partial charge in [-0.1, -0.05) is 12.1 Å². The van der Waals surface area contributed by atoms with E-state index in [2.05, 4.69) is 5.32 Å². The molecule has 0 aliphatic heterocycles. The van der Waals surface area contributed by atoms with Gasteiger partial charge in [-0.25, -0.2) is 4.79 Å². The van der Waals surface area contributed by atoms with E-state index < -0.39 is 35.5 Å². The SMILES string of the molecule is C[C@H](COc1c([C@@H](C)N)cccc1C(F)(F)F)NC(=O)OC(C)(C)C. The Morgan fingerprint density at radius 3 is 2.32 bits per heavy atom. The Bertz CT molecular complexity index is 596. The maximum atomic E-state index is 13.2. The first-order valence-corrected chi connectivity index (χ1v) is 7.89. The van der Waals surface area contributed by atoms with Crippen molar-refractivity contribution in [1.82, 2.24) is 5.32 Å². The van der Waals surface area contributed by atoms with Crippen molar-refractivity contribution in [3.63, 3.8) is 0 Å². The highest BCUT2D eigenvalue weighted by Gasteiger charge is 2.36. The van der Waals surface area contributed by atoms with E-state index in [0.29, 0.717) is 0 Å². The van der Waals surface area contributed by atoms with Crippen LogP contribution >= 0.6 is 0 Å². The minimum absolute atomic E-state index is 0.161. The van der Waals surface area contributed by atoms with Crippen molar-refractivity contribution in [3.05, 3.63) is 29.3 Å². The summed E-state index contributed by atoms with van der Waals surface area (Å²) in [7, 11) is 0. The monoisotopic (exact) mass is 362 g/mol. The van der Waals surface area contributed by atoms with E-state index in [1.54, 1.807) is 34.6 Å². The molecule has 3 N–H and O–H groups in total. The van der Waals surface area contributed by atoms with Crippen LogP contribution in [-0.4, -0.2) is 24.3 Å². The van der Waals surface area contributed by atoms with Crippen molar-refractivity contribution < 1.29 is 27.4 Å². The van der Waals surface area contributed by atoms with Crippen LogP contribution in [0.3, 0.4) is 0 Å². The van der Waals surface area contributed by atoms with E-state index in [1.807, 2.05) is 0 Å². The molecule has 1 amide bonds. The van der Waals surface area contributed by atoms with Gasteiger partial charge in [0.25, 0.3) is 0 Å². The summed E-state index contributed by atoms with van der Waals surface area (Å²) in [6.07, 6.45) is -5.23. The first-order valence-electron chi connectivity index (χ1n) is 7.89. The number of alkyl halides is 3. The summed E-state index contributed by atoms with van der Waals surface area (Å²) >= 11 is 0. The van der Waals surface area contributed by atoms with Gasteiger partial charge in [-0.15, -0.1) is 0 Å². The normalized spacial score (nSPS) is 14.6. The highest BCUT2D eigenvalue weighted by Crippen LogP contribution is 2.39. The van der Waals surface area contributed by atoms with Gasteiger partial charge in [0.2, 0.25) is 0 Å². The van der Waals surface area contributed by atoms with Gasteiger partial charge in [-0.2, -0.15) is 13.2 Å². The van der Waals surface area contributed by atoms with Crippen molar-refractivity contribution in [2.45, 2.75) is 58.5 Å². The van der Waals surface area contributed by atoms with Crippen molar-refractivity contribution in [2.75, 3.05) is 6.61 Å². The van der Waals surface area contributed by atoms with Gasteiger partial charge < -0.3 is 20.5 Å². The summed E-state index contributed by atoms with van der Waals surface area (Å²) in [5.41, 5.74) is 4.43. The van der Waals surface area contributed by atoms with Gasteiger partial charge in [0, 0.05) is 11.6 Å². The molecule has 0 aliphatic carbocycles. The highest BCUT2D eigenvalue weighted by molar-refractivity contribution is 5.68. The van der Waals surface area contributed by atoms with Gasteiger partial charge in [0.05, 0.1) is 11.6 Å². The minimum Gasteiger partial charge on any atom is -0.490 e. The van der Waals surface area contributed by atoms with Gasteiger partial charge in [-0.3, -0.25) is 0 Å². The van der Waals surface area contributed by atoms with Crippen LogP contribution in [0.25, 0.3) is 0 Å². The van der Waals surface area contributed by atoms with Crippen LogP contribution in [-0.2, 0) is 10.9 Å². The zero-order valence-electron chi connectivity index (χ0n) is 15.0. The number of hydrogen-bond acceptors (Lipinski definition) is 4. The first-order chi connectivity index (χ1) is 11.3. The van der Waals surface area contributed by atoms with Crippen LogP contribution in [0.5, 0.6) is 5.75 Å². The molecule has 2 atom stereocenters. The summed E-state index contributed by atoms with van der Waals surface area (Å²) in [6, 6.07) is 2.52. The van der Waals surface area contributed by atoms with Crippen molar-refractivity contribution in [1.29, 1.82) is 0 Å². The van der Waals surface area contributed by atoms with Crippen molar-refractivity contribution in [3.8, 4) is 5.75 Å². The number of nitrogens with one attached hydrogen (secondary N) is 1. The molecule has 0 aromatic heterocycles. The maximum absolute atomic E-state index is 13.2. The lowest BCUT2D eigenvalue weighted by Crippen LogP contribution is -2.40. The molecule has 1 rings (SSSR count). The molecule has 0 spiro atoms. The summed E-state index contributed by atoms with van der Waals surface area (Å²) in [5.74, 6) is -0.317. The molecule has 0 heterocycles. The summed E-state index contributed by atoms with van der Waals surface area (Å²) < 4.78 is 50.1. The number of para-hydroxylation sites is 1. The Morgan fingerprint density at radius 2 is 1.84 bits per heavy atom. The van der Waals surface area contributed by atoms with Crippen LogP contribution in [0, 0.1) is 0 Å². The second-order valence-corrected chi connectivity index (χ2v) is 6.87. The Labute approximate surface area is 145 Å². The number of nitrogens with two attached hydrogens (primary N) is 1. The molecular formula is C17H25F3N2O3. The first kappa shape index (κ1) is 21.1. The van der Waals surface area contributed by atoms with Crippen LogP contribution in [0.4, 0.5) is 18.0 Å². The summed E-state index contributed by atoms with van der Waals surface area (Å²) in [5, 5.41) is 2.51. The Balaban J connectivity index is 2.87. The Kier molecular flexibility index (Phi) is 6.70. The molecule has 0 radical (unpaired) electrons. The molecule has 0 aliphatic rings. The van der Waals surface area contributed by atoms with E-state index >= 15 is 0 Å². The number of amides is 1. The van der Waals surface area contributed by atoms with E-state index in [9.17, 15) is 18.0 Å². The lowest BCUT2D eigenvalue weighted by Gasteiger charge is -2.23. The zero-order chi connectivity index (χ0) is 19.4. The highest BCUT2D eigenvalue weighted by atomic mass is 19.4. The van der Waals surface area contributed by atoms with Crippen LogP contribution in [0.2, 0.25) is 0 Å². The summed E-state index contributed by atoms with van der Waals surface area (Å²) in [4.78, 5) is 11.7. The molecule has 5 nitrogen and oxygen atoms in total. The lowest BCUT2D eigenvalue weighted by molar-refractivity contribution is -0.139. The zero-order valence-corrected chi connectivity index (χ0v) is 15.0. The lowest BCUT2D eigenvalue weighted by atomic mass is 10.0. The van der Waals surface area contributed by atoms with Crippen LogP contribution < -0.4 is 15.8 Å². The van der Waals surface area contributed by atoms with Crippen LogP contribution in [0.15, 0.2) is 18.2 Å². The van der Waals surface area contributed by atoms with Gasteiger partial charge >= 0.3 is 12.3 Å². The predicted molar refractivity (Wildman–Crippen MR) is 88.4 cm³/mol. The molecule has 1 aromatic carbocycles. The molecular weight excluding hydrogens is 337 g/mol.